The number of para-hydroxylation sites is 2. The second-order valence-electron chi connectivity index (χ2n) is 10.2. The Morgan fingerprint density at radius 2 is 1.80 bits per heavy atom. The van der Waals surface area contributed by atoms with Crippen molar-refractivity contribution in [3.63, 3.8) is 0 Å². The van der Waals surface area contributed by atoms with Crippen molar-refractivity contribution in [1.82, 2.24) is 4.57 Å². The molecular formula is C34H30IN3O3S3. The second kappa shape index (κ2) is 12.6. The first-order chi connectivity index (χ1) is 21.0. The van der Waals surface area contributed by atoms with Crippen LogP contribution >= 0.6 is 34.4 Å². The minimum absolute atomic E-state index is 0. The van der Waals surface area contributed by atoms with Gasteiger partial charge < -0.3 is 38.4 Å². The normalized spacial score (nSPS) is 16.5. The molecule has 5 aromatic rings. The molecule has 7 rings (SSSR count). The molecule has 0 fully saturated rings. The number of thioether (sulfide) groups is 1. The van der Waals surface area contributed by atoms with E-state index in [1.54, 1.807) is 30.2 Å². The average molecular weight is 752 g/mol. The first-order valence-electron chi connectivity index (χ1n) is 14.2. The van der Waals surface area contributed by atoms with Gasteiger partial charge in [-0.25, -0.2) is 0 Å². The molecule has 2 aromatic heterocycles. The van der Waals surface area contributed by atoms with Gasteiger partial charge in [0.05, 0.1) is 23.5 Å². The van der Waals surface area contributed by atoms with Crippen LogP contribution in [-0.2, 0) is 13.1 Å². The maximum atomic E-state index is 13.8. The number of allylic oxidation sites excluding steroid dienone is 2. The van der Waals surface area contributed by atoms with E-state index in [1.807, 2.05) is 48.9 Å². The Kier molecular flexibility index (Phi) is 8.78. The van der Waals surface area contributed by atoms with Crippen LogP contribution in [0.1, 0.15) is 24.4 Å². The van der Waals surface area contributed by atoms with E-state index in [1.165, 1.54) is 21.6 Å². The molecule has 0 unspecified atom stereocenters. The zero-order valence-electron chi connectivity index (χ0n) is 24.7. The first-order valence-corrected chi connectivity index (χ1v) is 16.6. The molecule has 3 aromatic carbocycles. The summed E-state index contributed by atoms with van der Waals surface area (Å²) in [5.41, 5.74) is 4.31. The fourth-order valence-corrected chi connectivity index (χ4v) is 9.15. The van der Waals surface area contributed by atoms with Crippen LogP contribution in [0.4, 0.5) is 5.69 Å². The van der Waals surface area contributed by atoms with Gasteiger partial charge in [-0.15, -0.1) is 11.3 Å². The quantitative estimate of drug-likeness (QED) is 0.204. The van der Waals surface area contributed by atoms with Crippen molar-refractivity contribution >= 4 is 73.1 Å². The number of thiazole rings is 2. The number of halogens is 1. The van der Waals surface area contributed by atoms with E-state index in [0.717, 1.165) is 64.8 Å². The summed E-state index contributed by atoms with van der Waals surface area (Å²) < 4.78 is 18.9. The largest absolute Gasteiger partial charge is 1.00 e. The Bertz CT molecular complexity index is 2160. The molecule has 4 heterocycles. The minimum Gasteiger partial charge on any atom is -1.00 e. The summed E-state index contributed by atoms with van der Waals surface area (Å²) in [6.45, 7) is 5.63. The molecular weight excluding hydrogens is 721 g/mol. The molecule has 0 atom stereocenters. The zero-order chi connectivity index (χ0) is 29.7. The number of nitrogens with zero attached hydrogens (tertiary/aromatic N) is 3. The van der Waals surface area contributed by atoms with E-state index >= 15 is 0 Å². The lowest BCUT2D eigenvalue weighted by atomic mass is 10.0. The molecule has 224 valence electrons. The Morgan fingerprint density at radius 1 is 1.00 bits per heavy atom. The van der Waals surface area contributed by atoms with Gasteiger partial charge in [0.15, 0.2) is 0 Å². The van der Waals surface area contributed by atoms with Crippen molar-refractivity contribution in [2.24, 2.45) is 0 Å². The number of aromatic nitrogens is 2. The minimum atomic E-state index is 0. The van der Waals surface area contributed by atoms with E-state index < -0.39 is 0 Å². The summed E-state index contributed by atoms with van der Waals surface area (Å²) in [5.74, 6) is 2.37. The van der Waals surface area contributed by atoms with Crippen molar-refractivity contribution in [2.75, 3.05) is 19.1 Å². The van der Waals surface area contributed by atoms with Crippen LogP contribution in [0.5, 0.6) is 11.5 Å². The van der Waals surface area contributed by atoms with Crippen molar-refractivity contribution in [1.29, 1.82) is 0 Å². The standard InChI is InChI=1S/C34H30N3O3S3.HI/c1-5-36-25-12-8-10-14-28(25)41-31(36)20-23-17-21(24-11-7-9-13-27(24)40-23)18-30-37(6-2)33(38)32(43-30)34-35(3)26-19-22(39-4)15-16-29(26)42-34;/h7-20H,5-6H2,1-4H3;1H/q+1;/p-1/b34-32-;. The summed E-state index contributed by atoms with van der Waals surface area (Å²) in [4.78, 5) is 17.0. The molecule has 10 heteroatoms. The first kappa shape index (κ1) is 30.7. The highest BCUT2D eigenvalue weighted by Crippen LogP contribution is 2.46. The van der Waals surface area contributed by atoms with Crippen molar-refractivity contribution < 1.29 is 38.0 Å². The highest BCUT2D eigenvalue weighted by molar-refractivity contribution is 8.08. The molecule has 6 nitrogen and oxygen atoms in total. The van der Waals surface area contributed by atoms with Crippen LogP contribution in [0.3, 0.4) is 0 Å². The van der Waals surface area contributed by atoms with Gasteiger partial charge >= 0.3 is 0 Å². The highest BCUT2D eigenvalue weighted by atomic mass is 127. The Hall–Kier alpha value is -3.32. The van der Waals surface area contributed by atoms with Gasteiger partial charge in [-0.05, 0) is 55.8 Å². The van der Waals surface area contributed by atoms with Gasteiger partial charge in [-0.2, -0.15) is 4.57 Å². The van der Waals surface area contributed by atoms with Gasteiger partial charge in [-0.1, -0.05) is 53.4 Å². The van der Waals surface area contributed by atoms with Crippen molar-refractivity contribution in [3.05, 3.63) is 109 Å². The van der Waals surface area contributed by atoms with E-state index in [0.29, 0.717) is 6.54 Å². The van der Waals surface area contributed by atoms with E-state index in [9.17, 15) is 4.79 Å². The molecule has 0 N–H and O–H groups in total. The number of hydrogen-bond donors (Lipinski definition) is 0. The van der Waals surface area contributed by atoms with Crippen LogP contribution in [-0.4, -0.2) is 18.7 Å². The molecule has 2 aliphatic rings. The second-order valence-corrected chi connectivity index (χ2v) is 13.3. The van der Waals surface area contributed by atoms with E-state index in [2.05, 4.69) is 71.0 Å². The van der Waals surface area contributed by atoms with Crippen molar-refractivity contribution in [2.45, 2.75) is 31.8 Å². The number of methoxy groups -OCH3 is 1. The molecule has 2 aliphatic heterocycles. The molecule has 44 heavy (non-hydrogen) atoms. The number of aryl methyl sites for hydroxylation is 1. The Morgan fingerprint density at radius 3 is 2.59 bits per heavy atom. The third kappa shape index (κ3) is 5.31. The summed E-state index contributed by atoms with van der Waals surface area (Å²) in [6.07, 6.45) is 6.34. The monoisotopic (exact) mass is 751 g/mol. The number of rotatable bonds is 5. The molecule has 0 saturated carbocycles. The SMILES string of the molecule is CCn1c(=CC2=C/C(=C/c3sc4ccccc4[n+]3CC)Oc3ccccc32)s/c(=C2\Sc3ccc(OC)cc3N2C)c1=O.[I-]. The lowest BCUT2D eigenvalue weighted by molar-refractivity contribution is -0.665. The highest BCUT2D eigenvalue weighted by Gasteiger charge is 2.26. The van der Waals surface area contributed by atoms with Crippen LogP contribution in [0.25, 0.3) is 33.0 Å². The maximum absolute atomic E-state index is 13.8. The van der Waals surface area contributed by atoms with Gasteiger partial charge in [0.25, 0.3) is 10.6 Å². The summed E-state index contributed by atoms with van der Waals surface area (Å²) >= 11 is 4.92. The number of hydrogen-bond acceptors (Lipinski definition) is 7. The predicted molar refractivity (Wildman–Crippen MR) is 179 cm³/mol. The van der Waals surface area contributed by atoms with E-state index in [4.69, 9.17) is 9.47 Å². The van der Waals surface area contributed by atoms with E-state index in [-0.39, 0.29) is 29.5 Å². The lowest BCUT2D eigenvalue weighted by Gasteiger charge is -2.18. The number of benzene rings is 3. The number of fused-ring (bicyclic) bond motifs is 3. The van der Waals surface area contributed by atoms with Crippen LogP contribution in [0.15, 0.2) is 88.3 Å². The van der Waals surface area contributed by atoms with Gasteiger partial charge in [-0.3, -0.25) is 9.36 Å². The summed E-state index contributed by atoms with van der Waals surface area (Å²) in [7, 11) is 3.68. The third-order valence-electron chi connectivity index (χ3n) is 7.68. The Labute approximate surface area is 284 Å². The van der Waals surface area contributed by atoms with Crippen LogP contribution in [0.2, 0.25) is 0 Å². The van der Waals surface area contributed by atoms with Crippen LogP contribution < -0.4 is 57.7 Å². The average Bonchev–Trinajstić information content (AvgIpc) is 3.66. The molecule has 0 saturated heterocycles. The molecule has 0 aliphatic carbocycles. The molecule has 0 bridgehead atoms. The third-order valence-corrected chi connectivity index (χ3v) is 11.3. The summed E-state index contributed by atoms with van der Waals surface area (Å²) in [6, 6.07) is 22.6. The topological polar surface area (TPSA) is 47.6 Å². The van der Waals surface area contributed by atoms with Crippen molar-refractivity contribution in [3.8, 4) is 11.5 Å². The van der Waals surface area contributed by atoms with Crippen LogP contribution in [0, 0.1) is 0 Å². The fraction of sp³-hybridized carbons (Fsp3) is 0.176. The van der Waals surface area contributed by atoms with Gasteiger partial charge in [0.1, 0.15) is 38.1 Å². The Balaban J connectivity index is 0.00000343. The smallest absolute Gasteiger partial charge is 0.271 e. The summed E-state index contributed by atoms with van der Waals surface area (Å²) in [5, 5.41) is 2.07. The molecule has 0 amide bonds. The number of anilines is 1. The fourth-order valence-electron chi connectivity index (χ4n) is 5.53. The van der Waals surface area contributed by atoms with Gasteiger partial charge in [0.2, 0.25) is 5.52 Å². The molecule has 0 radical (unpaired) electrons. The lowest BCUT2D eigenvalue weighted by Crippen LogP contribution is -3.00. The zero-order valence-corrected chi connectivity index (χ0v) is 29.3. The van der Waals surface area contributed by atoms with Gasteiger partial charge in [0, 0.05) is 36.2 Å². The maximum Gasteiger partial charge on any atom is 0.271 e. The number of ether oxygens (including phenoxy) is 2. The molecule has 0 spiro atoms. The predicted octanol–water partition coefficient (Wildman–Crippen LogP) is 3.07.